The quantitative estimate of drug-likeness (QED) is 0.519. The fourth-order valence-electron chi connectivity index (χ4n) is 1.60. The van der Waals surface area contributed by atoms with Crippen LogP contribution in [0.15, 0.2) is 6.07 Å². The van der Waals surface area contributed by atoms with E-state index in [-0.39, 0.29) is 11.6 Å². The molecule has 9 heteroatoms. The van der Waals surface area contributed by atoms with Crippen LogP contribution in [0.5, 0.6) is 0 Å². The summed E-state index contributed by atoms with van der Waals surface area (Å²) in [6.45, 7) is 1.50. The molecule has 0 atom stereocenters. The Morgan fingerprint density at radius 2 is 1.29 bits per heavy atom. The molecule has 0 aliphatic rings. The lowest BCUT2D eigenvalue weighted by molar-refractivity contribution is 0.382. The van der Waals surface area contributed by atoms with Gasteiger partial charge in [-0.3, -0.25) is 0 Å². The van der Waals surface area contributed by atoms with Gasteiger partial charge in [-0.1, -0.05) is 0 Å². The number of rotatable bonds is 3. The topological polar surface area (TPSA) is 49.8 Å². The van der Waals surface area contributed by atoms with E-state index in [9.17, 15) is 22.0 Å². The first-order valence-electron chi connectivity index (χ1n) is 5.67. The minimum Gasteiger partial charge on any atom is -0.373 e. The fraction of sp³-hybridized carbons (Fsp3) is 0.167. The molecule has 0 saturated carbocycles. The van der Waals surface area contributed by atoms with E-state index in [1.165, 1.54) is 13.0 Å². The van der Waals surface area contributed by atoms with Crippen molar-refractivity contribution in [1.29, 1.82) is 0 Å². The zero-order valence-corrected chi connectivity index (χ0v) is 10.9. The molecular weight excluding hydrogens is 295 g/mol. The molecule has 1 aromatic heterocycles. The van der Waals surface area contributed by atoms with Gasteiger partial charge in [0.1, 0.15) is 23.1 Å². The second-order valence-electron chi connectivity index (χ2n) is 4.01. The zero-order chi connectivity index (χ0) is 15.7. The van der Waals surface area contributed by atoms with Gasteiger partial charge in [-0.15, -0.1) is 0 Å². The zero-order valence-electron chi connectivity index (χ0n) is 10.9. The van der Waals surface area contributed by atoms with Gasteiger partial charge in [0.25, 0.3) is 0 Å². The van der Waals surface area contributed by atoms with Crippen molar-refractivity contribution in [2.45, 2.75) is 6.92 Å². The molecular formula is C12H9F5N4. The molecule has 0 fully saturated rings. The number of aromatic nitrogens is 2. The third-order valence-corrected chi connectivity index (χ3v) is 2.56. The summed E-state index contributed by atoms with van der Waals surface area (Å²) in [5.74, 6) is -9.77. The summed E-state index contributed by atoms with van der Waals surface area (Å²) in [6, 6.07) is 1.26. The monoisotopic (exact) mass is 304 g/mol. The summed E-state index contributed by atoms with van der Waals surface area (Å²) in [6.07, 6.45) is 0. The first-order chi connectivity index (χ1) is 9.85. The highest BCUT2D eigenvalue weighted by Gasteiger charge is 2.26. The third-order valence-electron chi connectivity index (χ3n) is 2.56. The molecule has 0 radical (unpaired) electrons. The van der Waals surface area contributed by atoms with Crippen LogP contribution in [-0.2, 0) is 0 Å². The van der Waals surface area contributed by atoms with Crippen LogP contribution >= 0.6 is 0 Å². The molecule has 0 saturated heterocycles. The summed E-state index contributed by atoms with van der Waals surface area (Å²) in [4.78, 5) is 7.74. The Labute approximate surface area is 116 Å². The van der Waals surface area contributed by atoms with Crippen LogP contribution in [0, 0.1) is 36.0 Å². The summed E-state index contributed by atoms with van der Waals surface area (Å²) in [5.41, 5.74) is -1.17. The van der Waals surface area contributed by atoms with Crippen molar-refractivity contribution in [2.75, 3.05) is 17.7 Å². The van der Waals surface area contributed by atoms with Crippen molar-refractivity contribution in [2.24, 2.45) is 0 Å². The Kier molecular flexibility index (Phi) is 3.92. The molecule has 0 aliphatic heterocycles. The maximum absolute atomic E-state index is 13.5. The minimum atomic E-state index is -2.22. The van der Waals surface area contributed by atoms with E-state index in [0.29, 0.717) is 5.82 Å². The van der Waals surface area contributed by atoms with Crippen LogP contribution in [0.4, 0.5) is 39.3 Å². The minimum absolute atomic E-state index is 0.116. The van der Waals surface area contributed by atoms with Crippen LogP contribution in [0.25, 0.3) is 0 Å². The van der Waals surface area contributed by atoms with Gasteiger partial charge in [-0.05, 0) is 6.92 Å². The first-order valence-corrected chi connectivity index (χ1v) is 5.67. The molecule has 0 bridgehead atoms. The maximum Gasteiger partial charge on any atom is 0.200 e. The van der Waals surface area contributed by atoms with Crippen LogP contribution < -0.4 is 10.6 Å². The van der Waals surface area contributed by atoms with Crippen molar-refractivity contribution in [3.8, 4) is 0 Å². The van der Waals surface area contributed by atoms with E-state index in [0.717, 1.165) is 0 Å². The number of nitrogens with zero attached hydrogens (tertiary/aromatic N) is 2. The average Bonchev–Trinajstić information content (AvgIpc) is 2.47. The second-order valence-corrected chi connectivity index (χ2v) is 4.01. The lowest BCUT2D eigenvalue weighted by atomic mass is 10.2. The highest BCUT2D eigenvalue weighted by molar-refractivity contribution is 5.60. The smallest absolute Gasteiger partial charge is 0.200 e. The molecule has 21 heavy (non-hydrogen) atoms. The molecule has 2 aromatic rings. The second kappa shape index (κ2) is 5.51. The molecule has 2 rings (SSSR count). The van der Waals surface area contributed by atoms with Gasteiger partial charge in [-0.2, -0.15) is 0 Å². The van der Waals surface area contributed by atoms with Crippen molar-refractivity contribution in [3.05, 3.63) is 41.0 Å². The SMILES string of the molecule is CNc1cc(Nc2c(F)c(F)c(F)c(F)c2F)nc(C)n1. The molecule has 0 spiro atoms. The van der Waals surface area contributed by atoms with Gasteiger partial charge >= 0.3 is 0 Å². The largest absolute Gasteiger partial charge is 0.373 e. The fourth-order valence-corrected chi connectivity index (χ4v) is 1.60. The molecule has 2 N–H and O–H groups in total. The predicted octanol–water partition coefficient (Wildman–Crippen LogP) is 3.27. The van der Waals surface area contributed by atoms with E-state index < -0.39 is 34.8 Å². The van der Waals surface area contributed by atoms with Crippen LogP contribution in [0.1, 0.15) is 5.82 Å². The van der Waals surface area contributed by atoms with E-state index >= 15 is 0 Å². The normalized spacial score (nSPS) is 10.6. The lowest BCUT2D eigenvalue weighted by Gasteiger charge is -2.11. The number of anilines is 3. The summed E-state index contributed by atoms with van der Waals surface area (Å²) in [5, 5.41) is 4.75. The third kappa shape index (κ3) is 2.71. The average molecular weight is 304 g/mol. The Morgan fingerprint density at radius 3 is 1.81 bits per heavy atom. The Morgan fingerprint density at radius 1 is 0.810 bits per heavy atom. The maximum atomic E-state index is 13.5. The van der Waals surface area contributed by atoms with Crippen molar-refractivity contribution in [1.82, 2.24) is 9.97 Å². The molecule has 0 aliphatic carbocycles. The van der Waals surface area contributed by atoms with Gasteiger partial charge in [0, 0.05) is 13.1 Å². The molecule has 0 unspecified atom stereocenters. The molecule has 0 amide bonds. The van der Waals surface area contributed by atoms with Crippen LogP contribution in [-0.4, -0.2) is 17.0 Å². The van der Waals surface area contributed by atoms with Gasteiger partial charge in [0.05, 0.1) is 0 Å². The Hall–Kier alpha value is -2.45. The number of aryl methyl sites for hydroxylation is 1. The summed E-state index contributed by atoms with van der Waals surface area (Å²) < 4.78 is 66.2. The number of nitrogens with one attached hydrogen (secondary N) is 2. The van der Waals surface area contributed by atoms with Crippen molar-refractivity contribution >= 4 is 17.3 Å². The highest BCUT2D eigenvalue weighted by atomic mass is 19.2. The Balaban J connectivity index is 2.52. The van der Waals surface area contributed by atoms with E-state index in [1.54, 1.807) is 7.05 Å². The summed E-state index contributed by atoms with van der Waals surface area (Å²) >= 11 is 0. The Bertz CT molecular complexity index is 676. The number of hydrogen-bond acceptors (Lipinski definition) is 4. The van der Waals surface area contributed by atoms with E-state index in [4.69, 9.17) is 0 Å². The van der Waals surface area contributed by atoms with Gasteiger partial charge in [0.2, 0.25) is 5.82 Å². The van der Waals surface area contributed by atoms with Crippen LogP contribution in [0.2, 0.25) is 0 Å². The van der Waals surface area contributed by atoms with Gasteiger partial charge in [0.15, 0.2) is 23.3 Å². The highest BCUT2D eigenvalue weighted by Crippen LogP contribution is 2.29. The van der Waals surface area contributed by atoms with E-state index in [2.05, 4.69) is 20.6 Å². The first kappa shape index (κ1) is 14.9. The molecule has 4 nitrogen and oxygen atoms in total. The molecule has 112 valence electrons. The number of halogens is 5. The van der Waals surface area contributed by atoms with Crippen molar-refractivity contribution in [3.63, 3.8) is 0 Å². The van der Waals surface area contributed by atoms with Gasteiger partial charge in [-0.25, -0.2) is 31.9 Å². The summed E-state index contributed by atoms with van der Waals surface area (Å²) in [7, 11) is 1.55. The predicted molar refractivity (Wildman–Crippen MR) is 65.8 cm³/mol. The van der Waals surface area contributed by atoms with Crippen molar-refractivity contribution < 1.29 is 22.0 Å². The van der Waals surface area contributed by atoms with E-state index in [1.807, 2.05) is 0 Å². The number of hydrogen-bond donors (Lipinski definition) is 2. The standard InChI is InChI=1S/C12H9F5N4/c1-4-19-5(18-2)3-6(20-4)21-12-10(16)8(14)7(13)9(15)11(12)17/h3H,1-2H3,(H2,18,19,20,21). The molecule has 1 aromatic carbocycles. The van der Waals surface area contributed by atoms with Gasteiger partial charge < -0.3 is 10.6 Å². The lowest BCUT2D eigenvalue weighted by Crippen LogP contribution is -2.08. The van der Waals surface area contributed by atoms with Crippen LogP contribution in [0.3, 0.4) is 0 Å². The number of benzene rings is 1. The molecule has 1 heterocycles.